The van der Waals surface area contributed by atoms with Gasteiger partial charge in [0, 0.05) is 12.6 Å². The summed E-state index contributed by atoms with van der Waals surface area (Å²) in [5.74, 6) is -0.758. The first-order valence-electron chi connectivity index (χ1n) is 9.90. The SMILES string of the molecule is CCC(C)C(NC)C(=O)Nc1ncnc2c1c(C(N)=O)cn2[C@H]1C[C@@H](O)[C@@H](CO)O1. The topological polar surface area (TPSA) is 165 Å². The van der Waals surface area contributed by atoms with Crippen LogP contribution in [0.25, 0.3) is 11.0 Å². The number of hydrogen-bond donors (Lipinski definition) is 5. The third-order valence-electron chi connectivity index (χ3n) is 5.62. The van der Waals surface area contributed by atoms with Crippen LogP contribution < -0.4 is 16.4 Å². The van der Waals surface area contributed by atoms with Crippen molar-refractivity contribution in [1.82, 2.24) is 19.9 Å². The van der Waals surface area contributed by atoms with Crippen molar-refractivity contribution in [2.45, 2.75) is 51.2 Å². The van der Waals surface area contributed by atoms with Crippen molar-refractivity contribution in [2.75, 3.05) is 19.0 Å². The molecule has 3 rings (SSSR count). The second-order valence-corrected chi connectivity index (χ2v) is 7.49. The molecule has 5 atom stereocenters. The van der Waals surface area contributed by atoms with Crippen LogP contribution in [-0.2, 0) is 9.53 Å². The van der Waals surface area contributed by atoms with E-state index in [1.54, 1.807) is 11.6 Å². The van der Waals surface area contributed by atoms with E-state index in [0.717, 1.165) is 6.42 Å². The quantitative estimate of drug-likeness (QED) is 0.390. The number of carbonyl (C=O) groups excluding carboxylic acids is 2. The maximum absolute atomic E-state index is 12.8. The van der Waals surface area contributed by atoms with Gasteiger partial charge in [0.15, 0.2) is 0 Å². The van der Waals surface area contributed by atoms with Crippen LogP contribution in [0.3, 0.4) is 0 Å². The van der Waals surface area contributed by atoms with Gasteiger partial charge in [-0.05, 0) is 13.0 Å². The minimum absolute atomic E-state index is 0.0799. The molecule has 0 spiro atoms. The molecule has 1 fully saturated rings. The van der Waals surface area contributed by atoms with Crippen molar-refractivity contribution < 1.29 is 24.5 Å². The summed E-state index contributed by atoms with van der Waals surface area (Å²) in [6.45, 7) is 3.62. The predicted molar refractivity (Wildman–Crippen MR) is 109 cm³/mol. The Morgan fingerprint density at radius 1 is 1.43 bits per heavy atom. The van der Waals surface area contributed by atoms with E-state index in [0.29, 0.717) is 11.0 Å². The average molecular weight is 420 g/mol. The molecule has 0 aromatic carbocycles. The van der Waals surface area contributed by atoms with Crippen molar-refractivity contribution in [3.63, 3.8) is 0 Å². The van der Waals surface area contributed by atoms with Crippen LogP contribution in [0.5, 0.6) is 0 Å². The Kier molecular flexibility index (Phi) is 6.66. The number of likely N-dealkylation sites (N-methyl/N-ethyl adjacent to an activating group) is 1. The van der Waals surface area contributed by atoms with E-state index in [2.05, 4.69) is 20.6 Å². The maximum Gasteiger partial charge on any atom is 0.251 e. The minimum Gasteiger partial charge on any atom is -0.394 e. The lowest BCUT2D eigenvalue weighted by atomic mass is 9.98. The smallest absolute Gasteiger partial charge is 0.251 e. The fourth-order valence-electron chi connectivity index (χ4n) is 3.74. The average Bonchev–Trinajstić information content (AvgIpc) is 3.29. The number of ether oxygens (including phenoxy) is 1. The molecule has 0 radical (unpaired) electrons. The molecule has 0 bridgehead atoms. The van der Waals surface area contributed by atoms with Gasteiger partial charge in [-0.1, -0.05) is 20.3 Å². The normalized spacial score (nSPS) is 23.4. The van der Waals surface area contributed by atoms with Crippen molar-refractivity contribution in [3.8, 4) is 0 Å². The van der Waals surface area contributed by atoms with Crippen LogP contribution in [0.1, 0.15) is 43.3 Å². The molecule has 6 N–H and O–H groups in total. The lowest BCUT2D eigenvalue weighted by molar-refractivity contribution is -0.119. The molecule has 1 aliphatic rings. The molecule has 2 aromatic heterocycles. The van der Waals surface area contributed by atoms with E-state index in [1.807, 2.05) is 13.8 Å². The van der Waals surface area contributed by atoms with Crippen molar-refractivity contribution in [1.29, 1.82) is 0 Å². The number of aromatic nitrogens is 3. The molecule has 164 valence electrons. The third-order valence-corrected chi connectivity index (χ3v) is 5.62. The third kappa shape index (κ3) is 4.01. The minimum atomic E-state index is -0.859. The zero-order chi connectivity index (χ0) is 22.0. The number of nitrogens with zero attached hydrogens (tertiary/aromatic N) is 3. The van der Waals surface area contributed by atoms with Gasteiger partial charge in [-0.15, -0.1) is 0 Å². The summed E-state index contributed by atoms with van der Waals surface area (Å²) >= 11 is 0. The fourth-order valence-corrected chi connectivity index (χ4v) is 3.74. The Labute approximate surface area is 173 Å². The number of aliphatic hydroxyl groups excluding tert-OH is 2. The highest BCUT2D eigenvalue weighted by Crippen LogP contribution is 2.34. The highest BCUT2D eigenvalue weighted by atomic mass is 16.5. The fraction of sp³-hybridized carbons (Fsp3) is 0.579. The molecule has 0 aliphatic carbocycles. The van der Waals surface area contributed by atoms with Crippen LogP contribution in [0.2, 0.25) is 0 Å². The summed E-state index contributed by atoms with van der Waals surface area (Å²) < 4.78 is 7.25. The van der Waals surface area contributed by atoms with Gasteiger partial charge in [-0.25, -0.2) is 9.97 Å². The molecule has 1 saturated heterocycles. The van der Waals surface area contributed by atoms with Gasteiger partial charge in [-0.3, -0.25) is 9.59 Å². The zero-order valence-corrected chi connectivity index (χ0v) is 17.2. The Hall–Kier alpha value is -2.60. The lowest BCUT2D eigenvalue weighted by Crippen LogP contribution is -2.43. The molecule has 2 unspecified atom stereocenters. The molecule has 0 saturated carbocycles. The number of anilines is 1. The first kappa shape index (κ1) is 22.1. The van der Waals surface area contributed by atoms with E-state index in [4.69, 9.17) is 10.5 Å². The molecule has 2 amide bonds. The summed E-state index contributed by atoms with van der Waals surface area (Å²) in [6.07, 6.45) is 1.49. The summed E-state index contributed by atoms with van der Waals surface area (Å²) in [6, 6.07) is -0.447. The van der Waals surface area contributed by atoms with Crippen LogP contribution >= 0.6 is 0 Å². The number of carbonyl (C=O) groups is 2. The van der Waals surface area contributed by atoms with Crippen molar-refractivity contribution >= 4 is 28.7 Å². The molecular weight excluding hydrogens is 392 g/mol. The first-order valence-corrected chi connectivity index (χ1v) is 9.90. The van der Waals surface area contributed by atoms with Gasteiger partial charge < -0.3 is 35.9 Å². The second-order valence-electron chi connectivity index (χ2n) is 7.49. The number of amides is 2. The lowest BCUT2D eigenvalue weighted by Gasteiger charge is -2.21. The Morgan fingerprint density at radius 3 is 2.73 bits per heavy atom. The van der Waals surface area contributed by atoms with Crippen LogP contribution in [-0.4, -0.2) is 68.5 Å². The van der Waals surface area contributed by atoms with Crippen LogP contribution in [0.15, 0.2) is 12.5 Å². The Morgan fingerprint density at radius 2 is 2.17 bits per heavy atom. The van der Waals surface area contributed by atoms with E-state index >= 15 is 0 Å². The van der Waals surface area contributed by atoms with Crippen LogP contribution in [0.4, 0.5) is 5.82 Å². The highest BCUT2D eigenvalue weighted by Gasteiger charge is 2.36. The molecular formula is C19H28N6O5. The van der Waals surface area contributed by atoms with Crippen molar-refractivity contribution in [2.24, 2.45) is 11.7 Å². The highest BCUT2D eigenvalue weighted by molar-refractivity contribution is 6.11. The number of fused-ring (bicyclic) bond motifs is 1. The van der Waals surface area contributed by atoms with E-state index in [1.165, 1.54) is 12.5 Å². The number of aliphatic hydroxyl groups is 2. The van der Waals surface area contributed by atoms with Gasteiger partial charge in [0.2, 0.25) is 5.91 Å². The standard InChI is InChI=1S/C19H28N6O5/c1-4-9(2)15(21-3)19(29)24-17-14-10(16(20)28)6-25(18(14)23-8-22-17)13-5-11(27)12(7-26)30-13/h6,8-9,11-13,15,21,26-27H,4-5,7H2,1-3H3,(H2,20,28)(H,22,23,24,29)/t9?,11-,12-,13-,15?/m1/s1. The molecule has 3 heterocycles. The summed E-state index contributed by atoms with van der Waals surface area (Å²) in [5.41, 5.74) is 6.01. The summed E-state index contributed by atoms with van der Waals surface area (Å²) in [7, 11) is 1.71. The van der Waals surface area contributed by atoms with E-state index in [9.17, 15) is 19.8 Å². The first-order chi connectivity index (χ1) is 14.3. The summed E-state index contributed by atoms with van der Waals surface area (Å²) in [4.78, 5) is 33.3. The van der Waals surface area contributed by atoms with Gasteiger partial charge in [0.05, 0.1) is 29.7 Å². The van der Waals surface area contributed by atoms with Gasteiger partial charge in [0.1, 0.15) is 30.1 Å². The van der Waals surface area contributed by atoms with Gasteiger partial charge in [0.25, 0.3) is 5.91 Å². The number of nitrogens with one attached hydrogen (secondary N) is 2. The monoisotopic (exact) mass is 420 g/mol. The number of hydrogen-bond acceptors (Lipinski definition) is 8. The largest absolute Gasteiger partial charge is 0.394 e. The van der Waals surface area contributed by atoms with E-state index < -0.39 is 30.4 Å². The molecule has 1 aliphatic heterocycles. The number of nitrogens with two attached hydrogens (primary N) is 1. The Balaban J connectivity index is 2.02. The zero-order valence-electron chi connectivity index (χ0n) is 17.2. The maximum atomic E-state index is 12.8. The second kappa shape index (κ2) is 9.04. The predicted octanol–water partition coefficient (Wildman–Crippen LogP) is -0.256. The van der Waals surface area contributed by atoms with Crippen molar-refractivity contribution in [3.05, 3.63) is 18.1 Å². The number of primary amides is 1. The van der Waals surface area contributed by atoms with Crippen LogP contribution in [0, 0.1) is 5.92 Å². The molecule has 2 aromatic rings. The Bertz CT molecular complexity index is 932. The van der Waals surface area contributed by atoms with E-state index in [-0.39, 0.29) is 36.2 Å². The molecule has 11 nitrogen and oxygen atoms in total. The molecule has 30 heavy (non-hydrogen) atoms. The van der Waals surface area contributed by atoms with Gasteiger partial charge >= 0.3 is 0 Å². The van der Waals surface area contributed by atoms with Gasteiger partial charge in [-0.2, -0.15) is 0 Å². The molecule has 11 heteroatoms. The number of rotatable bonds is 8. The summed E-state index contributed by atoms with van der Waals surface area (Å²) in [5, 5.41) is 25.5.